The number of rotatable bonds is 30. The third kappa shape index (κ3) is 18.0. The van der Waals surface area contributed by atoms with Crippen LogP contribution in [0.5, 0.6) is 0 Å². The Kier molecular flexibility index (Phi) is 22.4. The zero-order chi connectivity index (χ0) is 49.1. The number of aromatic nitrogens is 3. The van der Waals surface area contributed by atoms with Crippen LogP contribution in [0.15, 0.2) is 35.3 Å². The Hall–Kier alpha value is -4.69. The number of carboxylic acid groups (broad SMARTS) is 1. The van der Waals surface area contributed by atoms with Crippen molar-refractivity contribution in [2.45, 2.75) is 121 Å². The number of nitrogens with one attached hydrogen (secondary N) is 5. The molecule has 23 heteroatoms. The number of aliphatic hydroxyl groups excluding tert-OH is 4. The smallest absolute Gasteiger partial charge is 0.326 e. The number of fused-ring (bicyclic) bond motifs is 1. The number of benzene rings is 1. The maximum Gasteiger partial charge on any atom is 0.326 e. The van der Waals surface area contributed by atoms with Gasteiger partial charge in [-0.05, 0) is 69.7 Å². The number of nitrogens with two attached hydrogens (primary N) is 1. The summed E-state index contributed by atoms with van der Waals surface area (Å²) in [5.74, 6) is -2.14. The van der Waals surface area contributed by atoms with E-state index in [2.05, 4.69) is 30.9 Å². The van der Waals surface area contributed by atoms with E-state index in [9.17, 15) is 49.5 Å². The summed E-state index contributed by atoms with van der Waals surface area (Å²) in [5, 5.41) is 58.3. The third-order valence-corrected chi connectivity index (χ3v) is 12.1. The molecule has 0 aliphatic carbocycles. The molecule has 1 aliphatic heterocycles. The van der Waals surface area contributed by atoms with E-state index in [0.29, 0.717) is 35.4 Å². The summed E-state index contributed by atoms with van der Waals surface area (Å²) in [5.41, 5.74) is 7.15. The Morgan fingerprint density at radius 3 is 2.48 bits per heavy atom. The van der Waals surface area contributed by atoms with Crippen LogP contribution in [0.25, 0.3) is 11.0 Å². The first kappa shape index (κ1) is 54.9. The molecule has 3 aromatic rings. The van der Waals surface area contributed by atoms with Gasteiger partial charge in [-0.3, -0.25) is 24.2 Å². The first-order valence-corrected chi connectivity index (χ1v) is 23.4. The van der Waals surface area contributed by atoms with Gasteiger partial charge in [0, 0.05) is 48.2 Å². The van der Waals surface area contributed by atoms with E-state index < -0.39 is 80.0 Å². The monoisotopic (exact) mass is 965 g/mol. The number of ether oxygens (including phenoxy) is 5. The fourth-order valence-electron chi connectivity index (χ4n) is 6.89. The van der Waals surface area contributed by atoms with Gasteiger partial charge >= 0.3 is 11.9 Å². The molecular weight excluding hydrogens is 899 g/mol. The van der Waals surface area contributed by atoms with Crippen molar-refractivity contribution in [3.05, 3.63) is 57.5 Å². The zero-order valence-electron chi connectivity index (χ0n) is 38.4. The van der Waals surface area contributed by atoms with E-state index in [1.54, 1.807) is 30.5 Å². The van der Waals surface area contributed by atoms with E-state index in [1.165, 1.54) is 18.7 Å². The second kappa shape index (κ2) is 27.3. The van der Waals surface area contributed by atoms with E-state index in [0.717, 1.165) is 17.5 Å². The second-order valence-electron chi connectivity index (χ2n) is 16.9. The van der Waals surface area contributed by atoms with Gasteiger partial charge < -0.3 is 75.9 Å². The van der Waals surface area contributed by atoms with Crippen LogP contribution in [0.1, 0.15) is 74.9 Å². The number of thioether (sulfide) groups is 1. The number of nitrogens with zero attached hydrogens (tertiary/aromatic N) is 1. The van der Waals surface area contributed by atoms with E-state index in [-0.39, 0.29) is 80.8 Å². The standard InChI is InChI=1S/C44H67N7O15S/c1-5-44(3,4)51-32(23-67-24-34-33(18-29(55)22-64-34)66-42(25(2)54)65-30(20-52)21-53)39(58)46-14-15-62-16-17-63-35(56)13-12-31(41(60)61)48-38(57)27-9-6-26(7-10-27)8-11-28-19-47-37-36(28)40(59)50-43(45)49-37/h6-7,9-10,19,25,29-34,42,51-55H,5,8,11-18,20-24H2,1-4H3,(H,46,58)(H,48,57)(H,60,61)(H4,45,47,49,50,59)/t25-,29-,31-,32+,33-,34?,42-/m0/s1. The highest BCUT2D eigenvalue weighted by Gasteiger charge is 2.36. The molecule has 0 bridgehead atoms. The highest BCUT2D eigenvalue weighted by atomic mass is 32.2. The number of H-pyrrole nitrogens is 2. The summed E-state index contributed by atoms with van der Waals surface area (Å²) in [6.45, 7) is 6.69. The summed E-state index contributed by atoms with van der Waals surface area (Å²) >= 11 is 1.44. The van der Waals surface area contributed by atoms with Gasteiger partial charge in [-0.1, -0.05) is 19.1 Å². The number of amides is 2. The summed E-state index contributed by atoms with van der Waals surface area (Å²) in [6.07, 6.45) is -2.08. The summed E-state index contributed by atoms with van der Waals surface area (Å²) in [4.78, 5) is 72.5. The molecule has 12 N–H and O–H groups in total. The van der Waals surface area contributed by atoms with Crippen LogP contribution in [-0.4, -0.2) is 176 Å². The number of esters is 1. The molecule has 4 rings (SSSR count). The van der Waals surface area contributed by atoms with Crippen molar-refractivity contribution in [1.29, 1.82) is 0 Å². The predicted octanol–water partition coefficient (Wildman–Crippen LogP) is -0.250. The molecule has 0 radical (unpaired) electrons. The molecule has 1 unspecified atom stereocenters. The predicted molar refractivity (Wildman–Crippen MR) is 246 cm³/mol. The van der Waals surface area contributed by atoms with Crippen molar-refractivity contribution < 1.29 is 68.4 Å². The number of hydrogen-bond acceptors (Lipinski definition) is 18. The molecule has 374 valence electrons. The van der Waals surface area contributed by atoms with Gasteiger partial charge in [0.1, 0.15) is 30.5 Å². The average molecular weight is 966 g/mol. The second-order valence-corrected chi connectivity index (χ2v) is 17.9. The summed E-state index contributed by atoms with van der Waals surface area (Å²) in [7, 11) is 0. The SMILES string of the molecule is CCC(C)(C)N[C@H](CSCC1OC[C@@H](O)C[C@@H]1O[C@H](OC(CO)CO)[C@H](C)O)C(=O)NCCOCCOC(=O)CC[C@H](NC(=O)c1ccc(CCc2c[nH]c3nc(N)[nH]c(=O)c23)cc1)C(=O)O. The molecule has 1 saturated heterocycles. The van der Waals surface area contributed by atoms with Crippen LogP contribution in [0, 0.1) is 0 Å². The van der Waals surface area contributed by atoms with Crippen LogP contribution >= 0.6 is 11.8 Å². The van der Waals surface area contributed by atoms with Crippen LogP contribution < -0.4 is 27.2 Å². The number of aliphatic hydroxyl groups is 4. The number of aliphatic carboxylic acids is 1. The van der Waals surface area contributed by atoms with Crippen LogP contribution in [0.2, 0.25) is 0 Å². The van der Waals surface area contributed by atoms with Crippen molar-refractivity contribution in [3.8, 4) is 0 Å². The molecule has 1 fully saturated rings. The number of carboxylic acids is 1. The van der Waals surface area contributed by atoms with Crippen LogP contribution in [0.3, 0.4) is 0 Å². The number of nitrogen functional groups attached to an aromatic ring is 1. The lowest BCUT2D eigenvalue weighted by Gasteiger charge is -2.37. The van der Waals surface area contributed by atoms with Crippen molar-refractivity contribution >= 4 is 52.5 Å². The molecule has 2 amide bonds. The first-order chi connectivity index (χ1) is 31.9. The minimum atomic E-state index is -1.35. The van der Waals surface area contributed by atoms with E-state index >= 15 is 0 Å². The lowest BCUT2D eigenvalue weighted by Crippen LogP contribution is -2.54. The Balaban J connectivity index is 1.14. The van der Waals surface area contributed by atoms with Crippen molar-refractivity contribution in [1.82, 2.24) is 30.9 Å². The number of carbonyl (C=O) groups excluding carboxylic acids is 3. The van der Waals surface area contributed by atoms with Gasteiger partial charge in [0.15, 0.2) is 6.29 Å². The molecule has 0 saturated carbocycles. The van der Waals surface area contributed by atoms with Gasteiger partial charge in [-0.15, -0.1) is 0 Å². The minimum absolute atomic E-state index is 0.0132. The number of hydrogen-bond donors (Lipinski definition) is 11. The molecule has 3 heterocycles. The largest absolute Gasteiger partial charge is 0.480 e. The zero-order valence-corrected chi connectivity index (χ0v) is 39.2. The molecule has 2 aromatic heterocycles. The quantitative estimate of drug-likeness (QED) is 0.0233. The normalized spacial score (nSPS) is 18.3. The van der Waals surface area contributed by atoms with Crippen LogP contribution in [0.4, 0.5) is 5.95 Å². The summed E-state index contributed by atoms with van der Waals surface area (Å²) < 4.78 is 28.1. The molecular formula is C44H67N7O15S. The van der Waals surface area contributed by atoms with Crippen LogP contribution in [-0.2, 0) is 50.9 Å². The Bertz CT molecular complexity index is 2080. The van der Waals surface area contributed by atoms with Crippen molar-refractivity contribution in [3.63, 3.8) is 0 Å². The lowest BCUT2D eigenvalue weighted by atomic mass is 10.0. The molecule has 1 aromatic carbocycles. The molecule has 7 atom stereocenters. The van der Waals surface area contributed by atoms with Crippen molar-refractivity contribution in [2.24, 2.45) is 0 Å². The highest BCUT2D eigenvalue weighted by Crippen LogP contribution is 2.25. The van der Waals surface area contributed by atoms with Gasteiger partial charge in [0.25, 0.3) is 11.5 Å². The molecule has 67 heavy (non-hydrogen) atoms. The number of anilines is 1. The number of carbonyl (C=O) groups is 4. The summed E-state index contributed by atoms with van der Waals surface area (Å²) in [6, 6.07) is 4.63. The lowest BCUT2D eigenvalue weighted by molar-refractivity contribution is -0.266. The number of aromatic amines is 2. The Morgan fingerprint density at radius 1 is 1.07 bits per heavy atom. The topological polar surface area (TPSA) is 339 Å². The van der Waals surface area contributed by atoms with Crippen molar-refractivity contribution in [2.75, 3.05) is 63.4 Å². The van der Waals surface area contributed by atoms with Gasteiger partial charge in [-0.25, -0.2) is 4.79 Å². The fraction of sp³-hybridized carbons (Fsp3) is 0.636. The Morgan fingerprint density at radius 2 is 1.81 bits per heavy atom. The number of aryl methyl sites for hydroxylation is 2. The maximum atomic E-state index is 13.4. The highest BCUT2D eigenvalue weighted by molar-refractivity contribution is 7.99. The maximum absolute atomic E-state index is 13.4. The Labute approximate surface area is 392 Å². The first-order valence-electron chi connectivity index (χ1n) is 22.3. The minimum Gasteiger partial charge on any atom is -0.480 e. The van der Waals surface area contributed by atoms with E-state index in [1.807, 2.05) is 20.8 Å². The molecule has 0 spiro atoms. The third-order valence-electron chi connectivity index (χ3n) is 11.0. The molecule has 1 aliphatic rings. The van der Waals surface area contributed by atoms with Gasteiger partial charge in [0.2, 0.25) is 11.9 Å². The fourth-order valence-corrected chi connectivity index (χ4v) is 8.04. The average Bonchev–Trinajstić information content (AvgIpc) is 3.71. The van der Waals surface area contributed by atoms with Gasteiger partial charge in [-0.2, -0.15) is 16.7 Å². The molecule has 22 nitrogen and oxygen atoms in total. The van der Waals surface area contributed by atoms with Gasteiger partial charge in [0.05, 0.1) is 62.8 Å². The van der Waals surface area contributed by atoms with E-state index in [4.69, 9.17) is 29.4 Å².